The maximum absolute atomic E-state index is 12.4. The second-order valence-corrected chi connectivity index (χ2v) is 6.65. The van der Waals surface area contributed by atoms with E-state index in [1.807, 2.05) is 43.0 Å². The minimum atomic E-state index is -0.172. The molecule has 0 unspecified atom stereocenters. The first-order chi connectivity index (χ1) is 12.4. The first-order valence-electron chi connectivity index (χ1n) is 8.79. The fourth-order valence-electron chi connectivity index (χ4n) is 2.98. The van der Waals surface area contributed by atoms with Crippen molar-refractivity contribution >= 4 is 23.3 Å². The number of rotatable bonds is 3. The first-order valence-corrected chi connectivity index (χ1v) is 8.79. The Bertz CT molecular complexity index is 809. The van der Waals surface area contributed by atoms with Gasteiger partial charge in [-0.15, -0.1) is 0 Å². The normalized spacial score (nSPS) is 14.3. The number of hydrogen-bond donors (Lipinski definition) is 1. The molecule has 0 bridgehead atoms. The van der Waals surface area contributed by atoms with Crippen molar-refractivity contribution in [2.24, 2.45) is 0 Å². The summed E-state index contributed by atoms with van der Waals surface area (Å²) in [5.74, 6) is 0.764. The van der Waals surface area contributed by atoms with E-state index in [4.69, 9.17) is 0 Å². The van der Waals surface area contributed by atoms with Crippen LogP contribution in [0.5, 0.6) is 0 Å². The highest BCUT2D eigenvalue weighted by molar-refractivity contribution is 6.04. The fourth-order valence-corrected chi connectivity index (χ4v) is 2.98. The van der Waals surface area contributed by atoms with Crippen molar-refractivity contribution in [2.75, 3.05) is 36.4 Å². The summed E-state index contributed by atoms with van der Waals surface area (Å²) in [6.07, 6.45) is 1.60. The van der Waals surface area contributed by atoms with E-state index in [-0.39, 0.29) is 11.8 Å². The van der Waals surface area contributed by atoms with Crippen LogP contribution >= 0.6 is 0 Å². The van der Waals surface area contributed by atoms with Crippen LogP contribution in [-0.2, 0) is 4.79 Å². The van der Waals surface area contributed by atoms with Gasteiger partial charge in [0.15, 0.2) is 0 Å². The monoisotopic (exact) mass is 352 g/mol. The second kappa shape index (κ2) is 7.56. The van der Waals surface area contributed by atoms with Gasteiger partial charge < -0.3 is 15.1 Å². The molecule has 0 radical (unpaired) electrons. The summed E-state index contributed by atoms with van der Waals surface area (Å²) in [5, 5.41) is 2.91. The van der Waals surface area contributed by atoms with Crippen LogP contribution in [0.2, 0.25) is 0 Å². The zero-order chi connectivity index (χ0) is 18.7. The molecule has 1 saturated heterocycles. The molecule has 6 heteroatoms. The third kappa shape index (κ3) is 4.02. The number of piperazine rings is 1. The van der Waals surface area contributed by atoms with Crippen molar-refractivity contribution < 1.29 is 9.59 Å². The number of carbonyl (C=O) groups excluding carboxylic acids is 2. The molecule has 1 aromatic heterocycles. The first kappa shape index (κ1) is 17.9. The molecule has 1 aliphatic heterocycles. The Hall–Kier alpha value is -2.89. The number of carbonyl (C=O) groups is 2. The molecule has 2 aromatic rings. The lowest BCUT2D eigenvalue weighted by atomic mass is 10.1. The number of nitrogens with one attached hydrogen (secondary N) is 1. The van der Waals surface area contributed by atoms with E-state index in [2.05, 4.69) is 15.2 Å². The molecule has 1 aromatic carbocycles. The van der Waals surface area contributed by atoms with Crippen molar-refractivity contribution in [3.05, 3.63) is 53.2 Å². The Morgan fingerprint density at radius 1 is 1.00 bits per heavy atom. The lowest BCUT2D eigenvalue weighted by molar-refractivity contribution is -0.129. The highest BCUT2D eigenvalue weighted by Crippen LogP contribution is 2.17. The number of amides is 2. The zero-order valence-corrected chi connectivity index (χ0v) is 15.5. The van der Waals surface area contributed by atoms with Crippen LogP contribution in [0.3, 0.4) is 0 Å². The molecule has 0 spiro atoms. The van der Waals surface area contributed by atoms with Gasteiger partial charge in [0, 0.05) is 45.0 Å². The summed E-state index contributed by atoms with van der Waals surface area (Å²) in [5.41, 5.74) is 3.64. The van der Waals surface area contributed by atoms with Crippen LogP contribution in [0.1, 0.15) is 28.4 Å². The van der Waals surface area contributed by atoms with Crippen molar-refractivity contribution in [3.8, 4) is 0 Å². The number of aryl methyl sites for hydroxylation is 2. The number of hydrogen-bond acceptors (Lipinski definition) is 4. The van der Waals surface area contributed by atoms with Crippen LogP contribution in [0.25, 0.3) is 0 Å². The Morgan fingerprint density at radius 3 is 2.31 bits per heavy atom. The van der Waals surface area contributed by atoms with E-state index in [0.717, 1.165) is 30.2 Å². The molecule has 0 atom stereocenters. The van der Waals surface area contributed by atoms with E-state index < -0.39 is 0 Å². The number of anilines is 2. The molecule has 3 rings (SSSR count). The highest BCUT2D eigenvalue weighted by Gasteiger charge is 2.19. The Labute approximate surface area is 153 Å². The van der Waals surface area contributed by atoms with Crippen LogP contribution < -0.4 is 10.2 Å². The molecular formula is C20H24N4O2. The lowest BCUT2D eigenvalue weighted by Gasteiger charge is -2.34. The van der Waals surface area contributed by atoms with Gasteiger partial charge in [-0.3, -0.25) is 9.59 Å². The van der Waals surface area contributed by atoms with E-state index >= 15 is 0 Å². The third-order valence-corrected chi connectivity index (χ3v) is 4.82. The molecule has 26 heavy (non-hydrogen) atoms. The predicted molar refractivity (Wildman–Crippen MR) is 103 cm³/mol. The molecule has 0 aliphatic carbocycles. The van der Waals surface area contributed by atoms with Crippen LogP contribution in [-0.4, -0.2) is 47.9 Å². The van der Waals surface area contributed by atoms with Crippen molar-refractivity contribution in [1.82, 2.24) is 9.88 Å². The van der Waals surface area contributed by atoms with Crippen LogP contribution in [0.15, 0.2) is 36.5 Å². The molecule has 2 heterocycles. The molecule has 1 fully saturated rings. The molecule has 0 saturated carbocycles. The number of benzene rings is 1. The van der Waals surface area contributed by atoms with E-state index in [1.54, 1.807) is 19.2 Å². The van der Waals surface area contributed by atoms with Gasteiger partial charge in [-0.2, -0.15) is 0 Å². The molecular weight excluding hydrogens is 328 g/mol. The largest absolute Gasteiger partial charge is 0.353 e. The van der Waals surface area contributed by atoms with Gasteiger partial charge in [-0.25, -0.2) is 4.98 Å². The molecule has 1 N–H and O–H groups in total. The Morgan fingerprint density at radius 2 is 1.73 bits per heavy atom. The SMILES string of the molecule is CC(=O)N1CCN(c2ccc(C(=O)Nc3ccc(C)c(C)c3)cn2)CC1. The summed E-state index contributed by atoms with van der Waals surface area (Å²) in [7, 11) is 0. The topological polar surface area (TPSA) is 65.5 Å². The zero-order valence-electron chi connectivity index (χ0n) is 15.5. The van der Waals surface area contributed by atoms with Crippen molar-refractivity contribution in [3.63, 3.8) is 0 Å². The summed E-state index contributed by atoms with van der Waals surface area (Å²) in [6.45, 7) is 8.56. The Kier molecular flexibility index (Phi) is 5.21. The smallest absolute Gasteiger partial charge is 0.257 e. The maximum Gasteiger partial charge on any atom is 0.257 e. The molecule has 2 amide bonds. The van der Waals surface area contributed by atoms with Gasteiger partial charge >= 0.3 is 0 Å². The predicted octanol–water partition coefficient (Wildman–Crippen LogP) is 2.62. The van der Waals surface area contributed by atoms with Gasteiger partial charge in [0.25, 0.3) is 5.91 Å². The quantitative estimate of drug-likeness (QED) is 0.922. The summed E-state index contributed by atoms with van der Waals surface area (Å²) < 4.78 is 0. The van der Waals surface area contributed by atoms with Crippen molar-refractivity contribution in [1.29, 1.82) is 0 Å². The van der Waals surface area contributed by atoms with Gasteiger partial charge in [0.1, 0.15) is 5.82 Å². The van der Waals surface area contributed by atoms with Gasteiger partial charge in [0.2, 0.25) is 5.91 Å². The summed E-state index contributed by atoms with van der Waals surface area (Å²) >= 11 is 0. The van der Waals surface area contributed by atoms with Crippen LogP contribution in [0, 0.1) is 13.8 Å². The standard InChI is InChI=1S/C20H24N4O2/c1-14-4-6-18(12-15(14)2)22-20(26)17-5-7-19(21-13-17)24-10-8-23(9-11-24)16(3)25/h4-7,12-13H,8-11H2,1-3H3,(H,22,26). The third-order valence-electron chi connectivity index (χ3n) is 4.82. The average molecular weight is 352 g/mol. The number of aromatic nitrogens is 1. The highest BCUT2D eigenvalue weighted by atomic mass is 16.2. The number of nitrogens with zero attached hydrogens (tertiary/aromatic N) is 3. The summed E-state index contributed by atoms with van der Waals surface area (Å²) in [4.78, 5) is 32.2. The van der Waals surface area contributed by atoms with E-state index in [0.29, 0.717) is 18.7 Å². The lowest BCUT2D eigenvalue weighted by Crippen LogP contribution is -2.48. The fraction of sp³-hybridized carbons (Fsp3) is 0.350. The average Bonchev–Trinajstić information content (AvgIpc) is 2.65. The molecule has 1 aliphatic rings. The van der Waals surface area contributed by atoms with Gasteiger partial charge in [0.05, 0.1) is 5.56 Å². The van der Waals surface area contributed by atoms with Gasteiger partial charge in [-0.05, 0) is 49.2 Å². The van der Waals surface area contributed by atoms with Crippen molar-refractivity contribution in [2.45, 2.75) is 20.8 Å². The summed E-state index contributed by atoms with van der Waals surface area (Å²) in [6, 6.07) is 9.50. The minimum Gasteiger partial charge on any atom is -0.353 e. The molecule has 136 valence electrons. The van der Waals surface area contributed by atoms with Crippen LogP contribution in [0.4, 0.5) is 11.5 Å². The molecule has 6 nitrogen and oxygen atoms in total. The second-order valence-electron chi connectivity index (χ2n) is 6.65. The number of pyridine rings is 1. The van der Waals surface area contributed by atoms with E-state index in [1.165, 1.54) is 5.56 Å². The van der Waals surface area contributed by atoms with Gasteiger partial charge in [-0.1, -0.05) is 6.07 Å². The Balaban J connectivity index is 1.63. The maximum atomic E-state index is 12.4. The minimum absolute atomic E-state index is 0.107. The van der Waals surface area contributed by atoms with E-state index in [9.17, 15) is 9.59 Å².